The monoisotopic (exact) mass is 231 g/mol. The van der Waals surface area contributed by atoms with Crippen molar-refractivity contribution < 1.29 is 14.4 Å². The summed E-state index contributed by atoms with van der Waals surface area (Å²) in [6, 6.07) is 6.96. The van der Waals surface area contributed by atoms with E-state index < -0.39 is 0 Å². The van der Waals surface area contributed by atoms with Crippen molar-refractivity contribution in [3.63, 3.8) is 0 Å². The average molecular weight is 231 g/mol. The third kappa shape index (κ3) is 2.66. The largest absolute Gasteiger partial charge is 0.504 e. The molecule has 0 amide bonds. The van der Waals surface area contributed by atoms with Crippen LogP contribution in [0.4, 0.5) is 0 Å². The molecule has 0 atom stereocenters. The molecule has 4 nitrogen and oxygen atoms in total. The molecule has 88 valence electrons. The fourth-order valence-electron chi connectivity index (χ4n) is 1.44. The van der Waals surface area contributed by atoms with Crippen LogP contribution in [0.25, 0.3) is 12.2 Å². The van der Waals surface area contributed by atoms with E-state index in [1.165, 1.54) is 7.11 Å². The number of methoxy groups -OCH3 is 1. The molecule has 4 heteroatoms. The molecule has 0 aliphatic heterocycles. The first-order valence-corrected chi connectivity index (χ1v) is 5.17. The fourth-order valence-corrected chi connectivity index (χ4v) is 1.44. The minimum atomic E-state index is 0.125. The molecule has 0 saturated heterocycles. The summed E-state index contributed by atoms with van der Waals surface area (Å²) < 4.78 is 10.1. The van der Waals surface area contributed by atoms with Gasteiger partial charge in [0.25, 0.3) is 0 Å². The van der Waals surface area contributed by atoms with E-state index in [0.717, 1.165) is 11.3 Å². The number of phenolic OH excluding ortho intramolecular Hbond substituents is 1. The Morgan fingerprint density at radius 3 is 2.76 bits per heavy atom. The van der Waals surface area contributed by atoms with Crippen LogP contribution in [0.2, 0.25) is 0 Å². The van der Waals surface area contributed by atoms with E-state index in [1.54, 1.807) is 18.2 Å². The van der Waals surface area contributed by atoms with Crippen molar-refractivity contribution in [2.24, 2.45) is 0 Å². The van der Waals surface area contributed by atoms with Gasteiger partial charge in [0.1, 0.15) is 0 Å². The molecule has 1 heterocycles. The smallest absolute Gasteiger partial charge is 0.161 e. The lowest BCUT2D eigenvalue weighted by atomic mass is 10.2. The molecule has 1 aromatic carbocycles. The van der Waals surface area contributed by atoms with Gasteiger partial charge in [0, 0.05) is 6.07 Å². The molecule has 2 rings (SSSR count). The van der Waals surface area contributed by atoms with Gasteiger partial charge in [-0.15, -0.1) is 0 Å². The number of benzene rings is 1. The van der Waals surface area contributed by atoms with Crippen molar-refractivity contribution in [1.29, 1.82) is 0 Å². The number of ether oxygens (including phenoxy) is 1. The van der Waals surface area contributed by atoms with Crippen molar-refractivity contribution >= 4 is 12.2 Å². The number of aromatic nitrogens is 1. The Balaban J connectivity index is 2.21. The third-order valence-corrected chi connectivity index (χ3v) is 2.29. The molecule has 0 fully saturated rings. The SMILES string of the molecule is COc1cc(C=Cc2cc(C)no2)ccc1O. The standard InChI is InChI=1S/C13H13NO3/c1-9-7-11(17-14-9)5-3-10-4-6-12(15)13(8-10)16-2/h3-8,15H,1-2H3. The van der Waals surface area contributed by atoms with Crippen molar-refractivity contribution in [1.82, 2.24) is 5.16 Å². The Kier molecular flexibility index (Phi) is 3.14. The second-order valence-corrected chi connectivity index (χ2v) is 3.64. The van der Waals surface area contributed by atoms with Crippen LogP contribution < -0.4 is 4.74 Å². The lowest BCUT2D eigenvalue weighted by Gasteiger charge is -2.03. The van der Waals surface area contributed by atoms with Gasteiger partial charge in [-0.25, -0.2) is 0 Å². The lowest BCUT2D eigenvalue weighted by molar-refractivity contribution is 0.373. The summed E-state index contributed by atoms with van der Waals surface area (Å²) >= 11 is 0. The first-order valence-electron chi connectivity index (χ1n) is 5.17. The predicted molar refractivity (Wildman–Crippen MR) is 64.8 cm³/mol. The quantitative estimate of drug-likeness (QED) is 0.882. The summed E-state index contributed by atoms with van der Waals surface area (Å²) in [6.07, 6.45) is 3.67. The van der Waals surface area contributed by atoms with Crippen molar-refractivity contribution in [2.75, 3.05) is 7.11 Å². The number of nitrogens with zero attached hydrogens (tertiary/aromatic N) is 1. The van der Waals surface area contributed by atoms with Gasteiger partial charge in [0.05, 0.1) is 12.8 Å². The molecule has 1 N–H and O–H groups in total. The lowest BCUT2D eigenvalue weighted by Crippen LogP contribution is -1.84. The Bertz CT molecular complexity index is 543. The van der Waals surface area contributed by atoms with Crippen LogP contribution in [0.3, 0.4) is 0 Å². The molecule has 1 aromatic heterocycles. The Hall–Kier alpha value is -2.23. The van der Waals surface area contributed by atoms with E-state index in [0.29, 0.717) is 11.5 Å². The molecular weight excluding hydrogens is 218 g/mol. The first-order chi connectivity index (χ1) is 8.19. The number of hydrogen-bond acceptors (Lipinski definition) is 4. The van der Waals surface area contributed by atoms with E-state index in [-0.39, 0.29) is 5.75 Å². The summed E-state index contributed by atoms with van der Waals surface area (Å²) in [5.74, 6) is 1.26. The van der Waals surface area contributed by atoms with Gasteiger partial charge >= 0.3 is 0 Å². The Labute approximate surface area is 99.1 Å². The summed E-state index contributed by atoms with van der Waals surface area (Å²) in [7, 11) is 1.52. The Morgan fingerprint density at radius 1 is 1.29 bits per heavy atom. The van der Waals surface area contributed by atoms with Crippen LogP contribution in [-0.2, 0) is 0 Å². The summed E-state index contributed by atoms with van der Waals surface area (Å²) in [4.78, 5) is 0. The summed E-state index contributed by atoms with van der Waals surface area (Å²) in [5.41, 5.74) is 1.75. The molecule has 17 heavy (non-hydrogen) atoms. The highest BCUT2D eigenvalue weighted by Gasteiger charge is 2.01. The van der Waals surface area contributed by atoms with E-state index in [9.17, 15) is 5.11 Å². The van der Waals surface area contributed by atoms with Crippen molar-refractivity contribution in [3.8, 4) is 11.5 Å². The van der Waals surface area contributed by atoms with Gasteiger partial charge in [0.2, 0.25) is 0 Å². The first kappa shape index (κ1) is 11.3. The average Bonchev–Trinajstić information content (AvgIpc) is 2.74. The maximum Gasteiger partial charge on any atom is 0.161 e. The highest BCUT2D eigenvalue weighted by molar-refractivity contribution is 5.68. The molecule has 0 unspecified atom stereocenters. The minimum Gasteiger partial charge on any atom is -0.504 e. The highest BCUT2D eigenvalue weighted by atomic mass is 16.5. The topological polar surface area (TPSA) is 55.5 Å². The van der Waals surface area contributed by atoms with Crippen LogP contribution in [-0.4, -0.2) is 17.4 Å². The van der Waals surface area contributed by atoms with E-state index in [2.05, 4.69) is 5.16 Å². The second-order valence-electron chi connectivity index (χ2n) is 3.64. The van der Waals surface area contributed by atoms with E-state index >= 15 is 0 Å². The van der Waals surface area contributed by atoms with Gasteiger partial charge in [-0.1, -0.05) is 17.3 Å². The molecule has 0 saturated carbocycles. The van der Waals surface area contributed by atoms with Gasteiger partial charge in [0.15, 0.2) is 17.3 Å². The number of phenols is 1. The van der Waals surface area contributed by atoms with Crippen LogP contribution in [0, 0.1) is 6.92 Å². The van der Waals surface area contributed by atoms with Gasteiger partial charge in [-0.05, 0) is 30.7 Å². The van der Waals surface area contributed by atoms with Crippen LogP contribution in [0.15, 0.2) is 28.8 Å². The minimum absolute atomic E-state index is 0.125. The zero-order chi connectivity index (χ0) is 12.3. The molecule has 0 radical (unpaired) electrons. The van der Waals surface area contributed by atoms with Crippen molar-refractivity contribution in [2.45, 2.75) is 6.92 Å². The van der Waals surface area contributed by atoms with Gasteiger partial charge in [-0.2, -0.15) is 0 Å². The normalized spacial score (nSPS) is 10.9. The molecule has 0 spiro atoms. The zero-order valence-corrected chi connectivity index (χ0v) is 9.68. The Morgan fingerprint density at radius 2 is 2.12 bits per heavy atom. The third-order valence-electron chi connectivity index (χ3n) is 2.29. The van der Waals surface area contributed by atoms with Gasteiger partial charge < -0.3 is 14.4 Å². The predicted octanol–water partition coefficient (Wildman–Crippen LogP) is 2.87. The molecule has 0 aliphatic rings. The van der Waals surface area contributed by atoms with Crippen LogP contribution >= 0.6 is 0 Å². The highest BCUT2D eigenvalue weighted by Crippen LogP contribution is 2.27. The van der Waals surface area contributed by atoms with Crippen molar-refractivity contribution in [3.05, 3.63) is 41.3 Å². The fraction of sp³-hybridized carbons (Fsp3) is 0.154. The number of hydrogen-bond donors (Lipinski definition) is 1. The van der Waals surface area contributed by atoms with E-state index in [4.69, 9.17) is 9.26 Å². The van der Waals surface area contributed by atoms with E-state index in [1.807, 2.05) is 25.1 Å². The maximum atomic E-state index is 9.45. The number of aromatic hydroxyl groups is 1. The molecule has 0 aliphatic carbocycles. The van der Waals surface area contributed by atoms with Crippen LogP contribution in [0.5, 0.6) is 11.5 Å². The molecule has 2 aromatic rings. The number of rotatable bonds is 3. The number of aryl methyl sites for hydroxylation is 1. The maximum absolute atomic E-state index is 9.45. The zero-order valence-electron chi connectivity index (χ0n) is 9.68. The second kappa shape index (κ2) is 4.74. The summed E-state index contributed by atoms with van der Waals surface area (Å²) in [5, 5.41) is 13.2. The molecular formula is C13H13NO3. The van der Waals surface area contributed by atoms with Gasteiger partial charge in [-0.3, -0.25) is 0 Å². The summed E-state index contributed by atoms with van der Waals surface area (Å²) in [6.45, 7) is 1.87. The van der Waals surface area contributed by atoms with Crippen LogP contribution in [0.1, 0.15) is 17.0 Å². The molecule has 0 bridgehead atoms.